The molecule has 0 spiro atoms. The highest BCUT2D eigenvalue weighted by molar-refractivity contribution is 7.85. The van der Waals surface area contributed by atoms with Crippen molar-refractivity contribution >= 4 is 10.3 Å². The first kappa shape index (κ1) is 30.6. The van der Waals surface area contributed by atoms with Crippen molar-refractivity contribution in [1.82, 2.24) is 4.72 Å². The Balaban J connectivity index is 1.32. The van der Waals surface area contributed by atoms with Crippen molar-refractivity contribution in [2.45, 2.75) is 56.9 Å². The number of rotatable bonds is 13. The second-order valence-electron chi connectivity index (χ2n) is 11.1. The lowest BCUT2D eigenvalue weighted by Gasteiger charge is -2.46. The zero-order valence-electron chi connectivity index (χ0n) is 24.3. The minimum atomic E-state index is -4.03. The van der Waals surface area contributed by atoms with E-state index < -0.39 is 46.7 Å². The number of fused-ring (bicyclic) bond motifs is 1. The lowest BCUT2D eigenvalue weighted by Crippen LogP contribution is -2.65. The quantitative estimate of drug-likeness (QED) is 0.221. The van der Waals surface area contributed by atoms with Crippen LogP contribution in [0.4, 0.5) is 0 Å². The Kier molecular flexibility index (Phi) is 10.1. The third-order valence-corrected chi connectivity index (χ3v) is 9.04. The largest absolute Gasteiger partial charge is 0.376 e. The summed E-state index contributed by atoms with van der Waals surface area (Å²) < 4.78 is 60.3. The molecule has 1 N–H and O–H groups in total. The van der Waals surface area contributed by atoms with Crippen LogP contribution in [0.3, 0.4) is 0 Å². The standard InChI is InChI=1S/C35H37NO7S/c37-44(38)36-31-30(25-39-21-26-13-5-1-6-14-26)32(40-22-27-15-7-2-8-16-27)34(41-23-28-17-9-3-10-18-28)35(33(31)43-44)42-24-29-19-11-4-12-20-29/h1-20,30-36H,21-25H2/t30-,31-,32-,33-,34-,35-/m0/s1. The summed E-state index contributed by atoms with van der Waals surface area (Å²) in [4.78, 5) is 0. The second kappa shape index (κ2) is 14.6. The van der Waals surface area contributed by atoms with E-state index in [-0.39, 0.29) is 19.8 Å². The second-order valence-corrected chi connectivity index (χ2v) is 12.4. The lowest BCUT2D eigenvalue weighted by atomic mass is 9.77. The Morgan fingerprint density at radius 3 is 1.43 bits per heavy atom. The molecule has 6 rings (SSSR count). The molecule has 4 aromatic carbocycles. The summed E-state index contributed by atoms with van der Waals surface area (Å²) in [5.74, 6) is -0.429. The van der Waals surface area contributed by atoms with Crippen LogP contribution in [0.5, 0.6) is 0 Å². The van der Waals surface area contributed by atoms with Gasteiger partial charge in [-0.05, 0) is 22.3 Å². The van der Waals surface area contributed by atoms with Gasteiger partial charge in [0.25, 0.3) is 0 Å². The maximum Gasteiger partial charge on any atom is 0.336 e. The van der Waals surface area contributed by atoms with Crippen molar-refractivity contribution in [3.05, 3.63) is 144 Å². The highest BCUT2D eigenvalue weighted by atomic mass is 32.2. The molecule has 0 amide bonds. The number of hydrogen-bond acceptors (Lipinski definition) is 7. The Hall–Kier alpha value is -3.41. The number of hydrogen-bond donors (Lipinski definition) is 1. The average Bonchev–Trinajstić information content (AvgIpc) is 3.39. The van der Waals surface area contributed by atoms with Crippen LogP contribution in [0, 0.1) is 5.92 Å². The molecule has 1 heterocycles. The smallest absolute Gasteiger partial charge is 0.336 e. The zero-order chi connectivity index (χ0) is 30.2. The Morgan fingerprint density at radius 1 is 0.545 bits per heavy atom. The first-order valence-corrected chi connectivity index (χ1v) is 16.3. The molecule has 0 unspecified atom stereocenters. The fourth-order valence-electron chi connectivity index (χ4n) is 5.86. The van der Waals surface area contributed by atoms with Gasteiger partial charge in [0.1, 0.15) is 18.3 Å². The summed E-state index contributed by atoms with van der Waals surface area (Å²) >= 11 is 0. The van der Waals surface area contributed by atoms with Crippen molar-refractivity contribution in [2.24, 2.45) is 5.92 Å². The van der Waals surface area contributed by atoms with Gasteiger partial charge < -0.3 is 18.9 Å². The molecule has 4 aromatic rings. The van der Waals surface area contributed by atoms with Gasteiger partial charge in [0.2, 0.25) is 0 Å². The van der Waals surface area contributed by atoms with Crippen molar-refractivity contribution in [1.29, 1.82) is 0 Å². The van der Waals surface area contributed by atoms with Gasteiger partial charge in [-0.15, -0.1) is 0 Å². The Labute approximate surface area is 259 Å². The fourth-order valence-corrected chi connectivity index (χ4v) is 7.08. The van der Waals surface area contributed by atoms with E-state index in [4.69, 9.17) is 23.1 Å². The normalized spacial score (nSPS) is 25.8. The molecule has 0 bridgehead atoms. The predicted octanol–water partition coefficient (Wildman–Crippen LogP) is 5.19. The molecule has 2 fully saturated rings. The molecule has 1 saturated carbocycles. The summed E-state index contributed by atoms with van der Waals surface area (Å²) in [6.45, 7) is 1.44. The van der Waals surface area contributed by atoms with E-state index in [1.807, 2.05) is 121 Å². The minimum Gasteiger partial charge on any atom is -0.376 e. The van der Waals surface area contributed by atoms with Gasteiger partial charge in [-0.2, -0.15) is 13.1 Å². The van der Waals surface area contributed by atoms with Crippen LogP contribution < -0.4 is 4.72 Å². The maximum atomic E-state index is 12.9. The number of nitrogens with one attached hydrogen (secondary N) is 1. The van der Waals surface area contributed by atoms with Crippen molar-refractivity contribution in [2.75, 3.05) is 6.61 Å². The zero-order valence-corrected chi connectivity index (χ0v) is 25.1. The Morgan fingerprint density at radius 2 is 0.955 bits per heavy atom. The van der Waals surface area contributed by atoms with Gasteiger partial charge in [-0.25, -0.2) is 0 Å². The van der Waals surface area contributed by atoms with E-state index in [9.17, 15) is 8.42 Å². The van der Waals surface area contributed by atoms with Gasteiger partial charge in [0, 0.05) is 5.92 Å². The predicted molar refractivity (Wildman–Crippen MR) is 165 cm³/mol. The number of ether oxygens (including phenoxy) is 4. The average molecular weight is 616 g/mol. The molecular weight excluding hydrogens is 578 g/mol. The van der Waals surface area contributed by atoms with Gasteiger partial charge >= 0.3 is 10.3 Å². The molecule has 44 heavy (non-hydrogen) atoms. The molecule has 1 saturated heterocycles. The summed E-state index contributed by atoms with van der Waals surface area (Å²) in [5.41, 5.74) is 3.94. The van der Waals surface area contributed by atoms with Crippen LogP contribution >= 0.6 is 0 Å². The fraction of sp³-hybridized carbons (Fsp3) is 0.314. The summed E-state index contributed by atoms with van der Waals surface area (Å²) in [5, 5.41) is 0. The van der Waals surface area contributed by atoms with Crippen molar-refractivity contribution < 1.29 is 31.5 Å². The van der Waals surface area contributed by atoms with Crippen LogP contribution in [0.25, 0.3) is 0 Å². The van der Waals surface area contributed by atoms with E-state index in [0.29, 0.717) is 13.2 Å². The van der Waals surface area contributed by atoms with Crippen LogP contribution in [0.15, 0.2) is 121 Å². The van der Waals surface area contributed by atoms with E-state index in [2.05, 4.69) is 4.72 Å². The monoisotopic (exact) mass is 615 g/mol. The first-order chi connectivity index (χ1) is 21.6. The molecular formula is C35H37NO7S. The minimum absolute atomic E-state index is 0.220. The van der Waals surface area contributed by atoms with Crippen LogP contribution in [0.1, 0.15) is 22.3 Å². The van der Waals surface area contributed by atoms with Crippen LogP contribution in [-0.2, 0) is 59.9 Å². The summed E-state index contributed by atoms with van der Waals surface area (Å²) in [6, 6.07) is 38.7. The van der Waals surface area contributed by atoms with Gasteiger partial charge in [0.05, 0.1) is 45.2 Å². The molecule has 230 valence electrons. The summed E-state index contributed by atoms with van der Waals surface area (Å²) in [7, 11) is -4.03. The molecule has 0 aromatic heterocycles. The molecule has 6 atom stereocenters. The van der Waals surface area contributed by atoms with E-state index in [1.165, 1.54) is 0 Å². The molecule has 8 nitrogen and oxygen atoms in total. The van der Waals surface area contributed by atoms with Gasteiger partial charge in [0.15, 0.2) is 0 Å². The third-order valence-electron chi connectivity index (χ3n) is 8.00. The van der Waals surface area contributed by atoms with E-state index in [1.54, 1.807) is 0 Å². The topological polar surface area (TPSA) is 92.3 Å². The van der Waals surface area contributed by atoms with Crippen molar-refractivity contribution in [3.8, 4) is 0 Å². The molecule has 1 aliphatic carbocycles. The SMILES string of the molecule is O=S1(=O)N[C@H]2[C@H](COCc3ccccc3)[C@H](OCc3ccccc3)[C@H](OCc3ccccc3)[C@@H](OCc3ccccc3)[C@H]2O1. The maximum absolute atomic E-state index is 12.9. The lowest BCUT2D eigenvalue weighted by molar-refractivity contribution is -0.221. The molecule has 1 aliphatic heterocycles. The highest BCUT2D eigenvalue weighted by Gasteiger charge is 2.59. The first-order valence-electron chi connectivity index (χ1n) is 14.8. The van der Waals surface area contributed by atoms with E-state index >= 15 is 0 Å². The molecule has 2 aliphatic rings. The van der Waals surface area contributed by atoms with Crippen LogP contribution in [-0.4, -0.2) is 45.5 Å². The molecule has 0 radical (unpaired) electrons. The summed E-state index contributed by atoms with van der Waals surface area (Å²) in [6.07, 6.45) is -2.84. The Bertz CT molecular complexity index is 1540. The highest BCUT2D eigenvalue weighted by Crippen LogP contribution is 2.39. The van der Waals surface area contributed by atoms with E-state index in [0.717, 1.165) is 22.3 Å². The van der Waals surface area contributed by atoms with Crippen LogP contribution in [0.2, 0.25) is 0 Å². The van der Waals surface area contributed by atoms with Crippen molar-refractivity contribution in [3.63, 3.8) is 0 Å². The third kappa shape index (κ3) is 7.80. The van der Waals surface area contributed by atoms with Gasteiger partial charge in [-0.1, -0.05) is 121 Å². The van der Waals surface area contributed by atoms with Gasteiger partial charge in [-0.3, -0.25) is 4.18 Å². The molecule has 9 heteroatoms. The number of benzene rings is 4.